The maximum absolute atomic E-state index is 11.4. The summed E-state index contributed by atoms with van der Waals surface area (Å²) in [6, 6.07) is 7.16. The number of nitrogens with zero attached hydrogens (tertiary/aromatic N) is 3. The molecule has 0 radical (unpaired) electrons. The van der Waals surface area contributed by atoms with Crippen LogP contribution in [-0.2, 0) is 0 Å². The molecule has 1 aromatic carbocycles. The van der Waals surface area contributed by atoms with Gasteiger partial charge in [-0.2, -0.15) is 5.10 Å². The number of rotatable bonds is 2. The Labute approximate surface area is 117 Å². The molecule has 7 nitrogen and oxygen atoms in total. The third-order valence-electron chi connectivity index (χ3n) is 3.37. The Kier molecular flexibility index (Phi) is 2.28. The van der Waals surface area contributed by atoms with E-state index in [1.54, 1.807) is 12.4 Å². The van der Waals surface area contributed by atoms with Crippen LogP contribution in [0.3, 0.4) is 0 Å². The number of H-pyrrole nitrogens is 2. The number of imidazole rings is 1. The van der Waals surface area contributed by atoms with Crippen molar-refractivity contribution in [3.63, 3.8) is 0 Å². The van der Waals surface area contributed by atoms with Crippen LogP contribution in [0.4, 0.5) is 0 Å². The highest BCUT2D eigenvalue weighted by molar-refractivity contribution is 6.02. The largest absolute Gasteiger partial charge is 0.478 e. The maximum Gasteiger partial charge on any atom is 0.336 e. The normalized spacial score (nSPS) is 11.2. The number of nitrogens with one attached hydrogen (secondary N) is 2. The van der Waals surface area contributed by atoms with Gasteiger partial charge in [-0.25, -0.2) is 14.8 Å². The number of carboxylic acid groups (broad SMARTS) is 1. The molecule has 4 rings (SSSR count). The molecule has 102 valence electrons. The fraction of sp³-hybridized carbons (Fsp3) is 0. The Balaban J connectivity index is 1.98. The summed E-state index contributed by atoms with van der Waals surface area (Å²) in [5, 5.41) is 16.4. The second-order valence-corrected chi connectivity index (χ2v) is 4.63. The molecular formula is C14H9N5O2. The lowest BCUT2D eigenvalue weighted by atomic mass is 10.1. The first kappa shape index (κ1) is 11.6. The first-order chi connectivity index (χ1) is 10.2. The molecule has 3 aromatic heterocycles. The molecule has 0 saturated heterocycles. The van der Waals surface area contributed by atoms with Crippen molar-refractivity contribution in [2.45, 2.75) is 0 Å². The van der Waals surface area contributed by atoms with E-state index in [0.29, 0.717) is 16.7 Å². The minimum absolute atomic E-state index is 0.174. The van der Waals surface area contributed by atoms with Gasteiger partial charge in [0.25, 0.3) is 0 Å². The van der Waals surface area contributed by atoms with Gasteiger partial charge < -0.3 is 10.1 Å². The van der Waals surface area contributed by atoms with Crippen molar-refractivity contribution in [3.05, 3.63) is 42.4 Å². The van der Waals surface area contributed by atoms with Gasteiger partial charge >= 0.3 is 5.97 Å². The Morgan fingerprint density at radius 3 is 3.00 bits per heavy atom. The number of aromatic nitrogens is 5. The van der Waals surface area contributed by atoms with Crippen LogP contribution in [0.2, 0.25) is 0 Å². The van der Waals surface area contributed by atoms with Crippen molar-refractivity contribution in [3.8, 4) is 11.3 Å². The van der Waals surface area contributed by atoms with Gasteiger partial charge in [-0.1, -0.05) is 6.07 Å². The summed E-state index contributed by atoms with van der Waals surface area (Å²) in [6.45, 7) is 0. The van der Waals surface area contributed by atoms with Crippen molar-refractivity contribution in [1.82, 2.24) is 25.1 Å². The molecule has 7 heteroatoms. The average molecular weight is 279 g/mol. The zero-order valence-electron chi connectivity index (χ0n) is 10.7. The van der Waals surface area contributed by atoms with E-state index >= 15 is 0 Å². The standard InChI is InChI=1S/C14H9N5O2/c20-14(21)8-4-11(18-13-9(8)5-17-19-13)7-1-2-10-12(3-7)16-6-15-10/h1-6H,(H,15,16)(H,20,21)(H,17,18,19). The van der Waals surface area contributed by atoms with E-state index in [0.717, 1.165) is 16.6 Å². The zero-order chi connectivity index (χ0) is 14.4. The number of carbonyl (C=O) groups is 1. The molecule has 0 unspecified atom stereocenters. The van der Waals surface area contributed by atoms with Crippen LogP contribution in [0.25, 0.3) is 33.3 Å². The van der Waals surface area contributed by atoms with Crippen molar-refractivity contribution < 1.29 is 9.90 Å². The van der Waals surface area contributed by atoms with Crippen molar-refractivity contribution in [2.75, 3.05) is 0 Å². The lowest BCUT2D eigenvalue weighted by Gasteiger charge is -2.04. The van der Waals surface area contributed by atoms with Crippen LogP contribution < -0.4 is 0 Å². The van der Waals surface area contributed by atoms with Gasteiger partial charge in [0.05, 0.1) is 40.2 Å². The first-order valence-corrected chi connectivity index (χ1v) is 6.23. The average Bonchev–Trinajstić information content (AvgIpc) is 3.13. The summed E-state index contributed by atoms with van der Waals surface area (Å²) in [7, 11) is 0. The fourth-order valence-electron chi connectivity index (χ4n) is 2.35. The van der Waals surface area contributed by atoms with Gasteiger partial charge in [-0.05, 0) is 18.2 Å². The summed E-state index contributed by atoms with van der Waals surface area (Å²) in [4.78, 5) is 23.0. The molecule has 0 aliphatic heterocycles. The van der Waals surface area contributed by atoms with E-state index in [9.17, 15) is 9.90 Å². The maximum atomic E-state index is 11.4. The van der Waals surface area contributed by atoms with Crippen LogP contribution in [0.15, 0.2) is 36.8 Å². The lowest BCUT2D eigenvalue weighted by Crippen LogP contribution is -1.99. The number of fused-ring (bicyclic) bond motifs is 2. The van der Waals surface area contributed by atoms with Gasteiger partial charge in [0, 0.05) is 5.56 Å². The predicted octanol–water partition coefficient (Wildman–Crippen LogP) is 2.20. The zero-order valence-corrected chi connectivity index (χ0v) is 10.7. The lowest BCUT2D eigenvalue weighted by molar-refractivity contribution is 0.0699. The summed E-state index contributed by atoms with van der Waals surface area (Å²) in [5.41, 5.74) is 3.73. The molecule has 0 fully saturated rings. The number of pyridine rings is 1. The Bertz CT molecular complexity index is 985. The minimum atomic E-state index is -1.01. The molecular weight excluding hydrogens is 270 g/mol. The summed E-state index contributed by atoms with van der Waals surface area (Å²) >= 11 is 0. The molecule has 21 heavy (non-hydrogen) atoms. The monoisotopic (exact) mass is 279 g/mol. The van der Waals surface area contributed by atoms with E-state index in [1.165, 1.54) is 6.20 Å². The number of hydrogen-bond donors (Lipinski definition) is 3. The molecule has 0 aliphatic carbocycles. The highest BCUT2D eigenvalue weighted by Gasteiger charge is 2.14. The van der Waals surface area contributed by atoms with E-state index in [-0.39, 0.29) is 5.56 Å². The van der Waals surface area contributed by atoms with Crippen LogP contribution in [0, 0.1) is 0 Å². The van der Waals surface area contributed by atoms with Crippen molar-refractivity contribution in [1.29, 1.82) is 0 Å². The molecule has 0 amide bonds. The van der Waals surface area contributed by atoms with E-state index < -0.39 is 5.97 Å². The van der Waals surface area contributed by atoms with Crippen LogP contribution in [0.5, 0.6) is 0 Å². The Morgan fingerprint density at radius 1 is 1.24 bits per heavy atom. The second kappa shape index (κ2) is 4.14. The summed E-state index contributed by atoms with van der Waals surface area (Å²) in [5.74, 6) is -1.01. The Hall–Kier alpha value is -3.22. The summed E-state index contributed by atoms with van der Waals surface area (Å²) < 4.78 is 0. The molecule has 0 atom stereocenters. The predicted molar refractivity (Wildman–Crippen MR) is 75.9 cm³/mol. The van der Waals surface area contributed by atoms with Crippen LogP contribution in [-0.4, -0.2) is 36.2 Å². The second-order valence-electron chi connectivity index (χ2n) is 4.63. The van der Waals surface area contributed by atoms with Crippen molar-refractivity contribution >= 4 is 28.0 Å². The first-order valence-electron chi connectivity index (χ1n) is 6.23. The molecule has 4 aromatic rings. The van der Waals surface area contributed by atoms with E-state index in [1.807, 2.05) is 18.2 Å². The highest BCUT2D eigenvalue weighted by atomic mass is 16.4. The van der Waals surface area contributed by atoms with Gasteiger partial charge in [-0.15, -0.1) is 0 Å². The number of carboxylic acids is 1. The molecule has 3 heterocycles. The van der Waals surface area contributed by atoms with Crippen LogP contribution in [0.1, 0.15) is 10.4 Å². The Morgan fingerprint density at radius 2 is 2.14 bits per heavy atom. The molecule has 0 saturated carbocycles. The van der Waals surface area contributed by atoms with E-state index in [4.69, 9.17) is 0 Å². The number of aromatic amines is 2. The summed E-state index contributed by atoms with van der Waals surface area (Å²) in [6.07, 6.45) is 3.08. The molecule has 0 aliphatic rings. The topological polar surface area (TPSA) is 108 Å². The van der Waals surface area contributed by atoms with Gasteiger partial charge in [-0.3, -0.25) is 5.10 Å². The smallest absolute Gasteiger partial charge is 0.336 e. The fourth-order valence-corrected chi connectivity index (χ4v) is 2.35. The SMILES string of the molecule is O=C(O)c1cc(-c2ccc3nc[nH]c3c2)nc2[nH]ncc12. The minimum Gasteiger partial charge on any atom is -0.478 e. The van der Waals surface area contributed by atoms with Gasteiger partial charge in [0.15, 0.2) is 5.65 Å². The molecule has 3 N–H and O–H groups in total. The number of benzene rings is 1. The van der Waals surface area contributed by atoms with Gasteiger partial charge in [0.2, 0.25) is 0 Å². The number of hydrogen-bond acceptors (Lipinski definition) is 4. The third kappa shape index (κ3) is 1.75. The number of aromatic carboxylic acids is 1. The molecule has 0 spiro atoms. The van der Waals surface area contributed by atoms with Crippen LogP contribution >= 0.6 is 0 Å². The quantitative estimate of drug-likeness (QED) is 0.521. The van der Waals surface area contributed by atoms with Gasteiger partial charge in [0.1, 0.15) is 0 Å². The third-order valence-corrected chi connectivity index (χ3v) is 3.37. The highest BCUT2D eigenvalue weighted by Crippen LogP contribution is 2.25. The van der Waals surface area contributed by atoms with E-state index in [2.05, 4.69) is 25.1 Å². The van der Waals surface area contributed by atoms with Crippen molar-refractivity contribution in [2.24, 2.45) is 0 Å². The molecule has 0 bridgehead atoms.